The maximum atomic E-state index is 5.44. The van der Waals surface area contributed by atoms with E-state index >= 15 is 0 Å². The Balaban J connectivity index is 2.85. The van der Waals surface area contributed by atoms with Crippen molar-refractivity contribution in [2.24, 2.45) is 5.73 Å². The van der Waals surface area contributed by atoms with Crippen LogP contribution in [0.2, 0.25) is 0 Å². The Bertz CT molecular complexity index is 311. The second-order valence-electron chi connectivity index (χ2n) is 2.78. The second-order valence-corrected chi connectivity index (χ2v) is 3.22. The fourth-order valence-corrected chi connectivity index (χ4v) is 0.977. The molecule has 0 amide bonds. The van der Waals surface area contributed by atoms with E-state index in [1.807, 2.05) is 26.2 Å². The molecule has 0 atom stereocenters. The third kappa shape index (κ3) is 2.96. The number of nitrogens with zero attached hydrogens (tertiary/aromatic N) is 2. The molecule has 0 saturated carbocycles. The van der Waals surface area contributed by atoms with Crippen molar-refractivity contribution in [3.8, 4) is 0 Å². The van der Waals surface area contributed by atoms with Crippen molar-refractivity contribution in [1.29, 1.82) is 0 Å². The van der Waals surface area contributed by atoms with Gasteiger partial charge >= 0.3 is 0 Å². The van der Waals surface area contributed by atoms with Crippen LogP contribution < -0.4 is 11.2 Å². The standard InChI is InChI=1S/C8H12N4S/c1-12(2)11-7-5-3-4-6(10-7)8(9)13/h3-5H,1-2H3,(H2,9,13)(H,10,11). The molecule has 0 aliphatic heterocycles. The number of hydrazine groups is 1. The zero-order valence-corrected chi connectivity index (χ0v) is 8.43. The molecule has 0 radical (unpaired) electrons. The lowest BCUT2D eigenvalue weighted by Crippen LogP contribution is -2.21. The number of rotatable bonds is 3. The monoisotopic (exact) mass is 196 g/mol. The molecule has 70 valence electrons. The second kappa shape index (κ2) is 4.15. The van der Waals surface area contributed by atoms with Crippen molar-refractivity contribution in [3.63, 3.8) is 0 Å². The Morgan fingerprint density at radius 2 is 2.23 bits per heavy atom. The van der Waals surface area contributed by atoms with Gasteiger partial charge in [-0.3, -0.25) is 0 Å². The molecule has 0 unspecified atom stereocenters. The number of thiocarbonyl (C=S) groups is 1. The van der Waals surface area contributed by atoms with Crippen LogP contribution in [0, 0.1) is 0 Å². The molecule has 13 heavy (non-hydrogen) atoms. The molecule has 0 aromatic carbocycles. The van der Waals surface area contributed by atoms with E-state index in [9.17, 15) is 0 Å². The minimum Gasteiger partial charge on any atom is -0.388 e. The zero-order chi connectivity index (χ0) is 9.84. The van der Waals surface area contributed by atoms with Gasteiger partial charge < -0.3 is 11.2 Å². The topological polar surface area (TPSA) is 54.2 Å². The van der Waals surface area contributed by atoms with Gasteiger partial charge in [-0.2, -0.15) is 0 Å². The maximum Gasteiger partial charge on any atom is 0.141 e. The maximum absolute atomic E-state index is 5.44. The average molecular weight is 196 g/mol. The highest BCUT2D eigenvalue weighted by Crippen LogP contribution is 2.04. The van der Waals surface area contributed by atoms with E-state index < -0.39 is 0 Å². The van der Waals surface area contributed by atoms with Gasteiger partial charge in [-0.15, -0.1) is 0 Å². The van der Waals surface area contributed by atoms with Crippen molar-refractivity contribution in [2.75, 3.05) is 19.5 Å². The van der Waals surface area contributed by atoms with E-state index in [1.165, 1.54) is 0 Å². The summed E-state index contributed by atoms with van der Waals surface area (Å²) < 4.78 is 0. The summed E-state index contributed by atoms with van der Waals surface area (Å²) in [6.07, 6.45) is 0. The number of nitrogens with one attached hydrogen (secondary N) is 1. The quantitative estimate of drug-likeness (QED) is 0.548. The van der Waals surface area contributed by atoms with Crippen molar-refractivity contribution in [3.05, 3.63) is 23.9 Å². The number of anilines is 1. The summed E-state index contributed by atoms with van der Waals surface area (Å²) in [5.41, 5.74) is 9.07. The van der Waals surface area contributed by atoms with Crippen LogP contribution in [0.15, 0.2) is 18.2 Å². The first-order valence-corrected chi connectivity index (χ1v) is 4.21. The summed E-state index contributed by atoms with van der Waals surface area (Å²) in [7, 11) is 3.77. The molecular weight excluding hydrogens is 184 g/mol. The van der Waals surface area contributed by atoms with Gasteiger partial charge in [0.05, 0.1) is 5.69 Å². The van der Waals surface area contributed by atoms with Gasteiger partial charge in [0.1, 0.15) is 10.8 Å². The van der Waals surface area contributed by atoms with E-state index in [4.69, 9.17) is 18.0 Å². The number of hydrogen-bond donors (Lipinski definition) is 2. The predicted octanol–water partition coefficient (Wildman–Crippen LogP) is 0.604. The highest BCUT2D eigenvalue weighted by molar-refractivity contribution is 7.80. The van der Waals surface area contributed by atoms with Gasteiger partial charge in [-0.05, 0) is 12.1 Å². The molecule has 0 spiro atoms. The number of aromatic nitrogens is 1. The van der Waals surface area contributed by atoms with Gasteiger partial charge in [0, 0.05) is 14.1 Å². The molecule has 3 N–H and O–H groups in total. The van der Waals surface area contributed by atoms with Crippen LogP contribution in [0.25, 0.3) is 0 Å². The Kier molecular flexibility index (Phi) is 3.16. The summed E-state index contributed by atoms with van der Waals surface area (Å²) in [5, 5.41) is 1.80. The largest absolute Gasteiger partial charge is 0.388 e. The molecule has 0 bridgehead atoms. The lowest BCUT2D eigenvalue weighted by Gasteiger charge is -2.12. The first kappa shape index (κ1) is 9.88. The summed E-state index contributed by atoms with van der Waals surface area (Å²) in [5.74, 6) is 0.732. The molecule has 4 nitrogen and oxygen atoms in total. The van der Waals surface area contributed by atoms with Crippen molar-refractivity contribution < 1.29 is 0 Å². The number of hydrogen-bond acceptors (Lipinski definition) is 4. The van der Waals surface area contributed by atoms with Crippen LogP contribution in [0.3, 0.4) is 0 Å². The van der Waals surface area contributed by atoms with E-state index in [1.54, 1.807) is 11.1 Å². The van der Waals surface area contributed by atoms with Crippen LogP contribution in [-0.2, 0) is 0 Å². The highest BCUT2D eigenvalue weighted by Gasteiger charge is 1.99. The molecule has 1 heterocycles. The molecular formula is C8H12N4S. The van der Waals surface area contributed by atoms with Crippen LogP contribution in [0.1, 0.15) is 5.69 Å². The third-order valence-electron chi connectivity index (χ3n) is 1.34. The molecule has 0 aliphatic carbocycles. The minimum atomic E-state index is 0.308. The number of pyridine rings is 1. The molecule has 0 saturated heterocycles. The minimum absolute atomic E-state index is 0.308. The Labute approximate surface area is 82.7 Å². The summed E-state index contributed by atoms with van der Waals surface area (Å²) in [6, 6.07) is 5.48. The molecule has 1 rings (SSSR count). The first-order chi connectivity index (χ1) is 6.09. The van der Waals surface area contributed by atoms with E-state index in [0.29, 0.717) is 10.7 Å². The number of nitrogens with two attached hydrogens (primary N) is 1. The van der Waals surface area contributed by atoms with Crippen molar-refractivity contribution in [1.82, 2.24) is 9.99 Å². The molecule has 0 fully saturated rings. The van der Waals surface area contributed by atoms with Crippen molar-refractivity contribution in [2.45, 2.75) is 0 Å². The normalized spacial score (nSPS) is 10.1. The Morgan fingerprint density at radius 1 is 1.54 bits per heavy atom. The van der Waals surface area contributed by atoms with Gasteiger partial charge in [0.2, 0.25) is 0 Å². The van der Waals surface area contributed by atoms with Crippen LogP contribution in [-0.4, -0.2) is 29.1 Å². The molecule has 1 aromatic heterocycles. The van der Waals surface area contributed by atoms with Crippen LogP contribution in [0.4, 0.5) is 5.82 Å². The van der Waals surface area contributed by atoms with Gasteiger partial charge in [-0.25, -0.2) is 9.99 Å². The first-order valence-electron chi connectivity index (χ1n) is 3.80. The van der Waals surface area contributed by atoms with Crippen LogP contribution >= 0.6 is 12.2 Å². The molecule has 5 heteroatoms. The Hall–Kier alpha value is -1.20. The fourth-order valence-electron chi connectivity index (χ4n) is 0.863. The summed E-state index contributed by atoms with van der Waals surface area (Å²) in [6.45, 7) is 0. The lowest BCUT2D eigenvalue weighted by molar-refractivity contribution is 0.492. The lowest BCUT2D eigenvalue weighted by atomic mass is 10.3. The zero-order valence-electron chi connectivity index (χ0n) is 7.61. The fraction of sp³-hybridized carbons (Fsp3) is 0.250. The SMILES string of the molecule is CN(C)Nc1cccc(C(N)=S)n1. The van der Waals surface area contributed by atoms with Gasteiger partial charge in [-0.1, -0.05) is 18.3 Å². The molecule has 1 aromatic rings. The summed E-state index contributed by atoms with van der Waals surface area (Å²) in [4.78, 5) is 4.50. The van der Waals surface area contributed by atoms with Gasteiger partial charge in [0.15, 0.2) is 0 Å². The smallest absolute Gasteiger partial charge is 0.141 e. The summed E-state index contributed by atoms with van der Waals surface area (Å²) >= 11 is 4.81. The Morgan fingerprint density at radius 3 is 2.77 bits per heavy atom. The van der Waals surface area contributed by atoms with E-state index in [0.717, 1.165) is 5.82 Å². The molecule has 0 aliphatic rings. The highest BCUT2D eigenvalue weighted by atomic mass is 32.1. The average Bonchev–Trinajstić information content (AvgIpc) is 2.03. The van der Waals surface area contributed by atoms with Crippen molar-refractivity contribution >= 4 is 23.0 Å². The predicted molar refractivity (Wildman–Crippen MR) is 57.4 cm³/mol. The van der Waals surface area contributed by atoms with Gasteiger partial charge in [0.25, 0.3) is 0 Å². The van der Waals surface area contributed by atoms with Crippen LogP contribution in [0.5, 0.6) is 0 Å². The third-order valence-corrected chi connectivity index (χ3v) is 1.55. The van der Waals surface area contributed by atoms with E-state index in [-0.39, 0.29) is 0 Å². The van der Waals surface area contributed by atoms with E-state index in [2.05, 4.69) is 10.4 Å².